The summed E-state index contributed by atoms with van der Waals surface area (Å²) in [6.45, 7) is 0. The number of aliphatic hydroxyl groups excluding tert-OH is 1. The number of thiophene rings is 1. The third-order valence-corrected chi connectivity index (χ3v) is 2.65. The minimum absolute atomic E-state index is 0.161. The first-order chi connectivity index (χ1) is 6.18. The lowest BCUT2D eigenvalue weighted by Crippen LogP contribution is -2.13. The van der Waals surface area contributed by atoms with Gasteiger partial charge in [0, 0.05) is 4.88 Å². The van der Waals surface area contributed by atoms with Crippen molar-refractivity contribution < 1.29 is 15.0 Å². The van der Waals surface area contributed by atoms with Crippen LogP contribution in [0.25, 0.3) is 0 Å². The molecule has 1 atom stereocenters. The molecule has 13 heavy (non-hydrogen) atoms. The van der Waals surface area contributed by atoms with Crippen molar-refractivity contribution in [3.8, 4) is 0 Å². The van der Waals surface area contributed by atoms with Crippen LogP contribution in [0, 0.1) is 0 Å². The van der Waals surface area contributed by atoms with Crippen LogP contribution in [0.5, 0.6) is 0 Å². The van der Waals surface area contributed by atoms with Crippen molar-refractivity contribution in [1.82, 2.24) is 0 Å². The highest BCUT2D eigenvalue weighted by Gasteiger charge is 2.09. The summed E-state index contributed by atoms with van der Waals surface area (Å²) < 4.78 is 0. The molecule has 0 aliphatic carbocycles. The Morgan fingerprint density at radius 2 is 2.38 bits per heavy atom. The molecule has 0 saturated carbocycles. The molecule has 3 nitrogen and oxygen atoms in total. The number of carbonyl (C=O) groups is 1. The minimum Gasteiger partial charge on any atom is -0.481 e. The SMILES string of the molecule is O=C(O)C[C@@H](O)CCc1cccs1. The predicted octanol–water partition coefficient (Wildman–Crippen LogP) is 1.52. The van der Waals surface area contributed by atoms with Gasteiger partial charge in [-0.1, -0.05) is 6.07 Å². The molecule has 1 aromatic rings. The van der Waals surface area contributed by atoms with E-state index in [2.05, 4.69) is 0 Å². The monoisotopic (exact) mass is 200 g/mol. The molecule has 1 heterocycles. The quantitative estimate of drug-likeness (QED) is 0.757. The van der Waals surface area contributed by atoms with E-state index < -0.39 is 12.1 Å². The first kappa shape index (κ1) is 10.2. The molecule has 0 saturated heterocycles. The molecule has 1 rings (SSSR count). The van der Waals surface area contributed by atoms with Gasteiger partial charge >= 0.3 is 5.97 Å². The third-order valence-electron chi connectivity index (χ3n) is 1.71. The van der Waals surface area contributed by atoms with Gasteiger partial charge in [-0.2, -0.15) is 0 Å². The fourth-order valence-corrected chi connectivity index (χ4v) is 1.79. The molecule has 0 spiro atoms. The molecule has 72 valence electrons. The van der Waals surface area contributed by atoms with Crippen molar-refractivity contribution in [2.45, 2.75) is 25.4 Å². The molecule has 0 unspecified atom stereocenters. The van der Waals surface area contributed by atoms with Gasteiger partial charge in [0.25, 0.3) is 0 Å². The Balaban J connectivity index is 2.22. The number of rotatable bonds is 5. The number of hydrogen-bond acceptors (Lipinski definition) is 3. The van der Waals surface area contributed by atoms with Gasteiger partial charge in [-0.3, -0.25) is 4.79 Å². The Kier molecular flexibility index (Phi) is 3.92. The largest absolute Gasteiger partial charge is 0.481 e. The molecule has 2 N–H and O–H groups in total. The fourth-order valence-electron chi connectivity index (χ4n) is 1.07. The Hall–Kier alpha value is -0.870. The summed E-state index contributed by atoms with van der Waals surface area (Å²) >= 11 is 1.63. The van der Waals surface area contributed by atoms with E-state index in [1.807, 2.05) is 17.5 Å². The second-order valence-corrected chi connectivity index (χ2v) is 3.90. The smallest absolute Gasteiger partial charge is 0.305 e. The van der Waals surface area contributed by atoms with E-state index in [1.165, 1.54) is 4.88 Å². The Morgan fingerprint density at radius 3 is 2.92 bits per heavy atom. The van der Waals surface area contributed by atoms with E-state index in [-0.39, 0.29) is 6.42 Å². The zero-order valence-corrected chi connectivity index (χ0v) is 7.96. The second kappa shape index (κ2) is 4.99. The summed E-state index contributed by atoms with van der Waals surface area (Å²) in [5.41, 5.74) is 0. The molecular weight excluding hydrogens is 188 g/mol. The standard InChI is InChI=1S/C9H12O3S/c10-7(6-9(11)12)3-4-8-2-1-5-13-8/h1-2,5,7,10H,3-4,6H2,(H,11,12)/t7-/m0/s1. The van der Waals surface area contributed by atoms with Crippen LogP contribution in [0.4, 0.5) is 0 Å². The van der Waals surface area contributed by atoms with Crippen molar-refractivity contribution in [2.75, 3.05) is 0 Å². The number of aliphatic hydroxyl groups is 1. The van der Waals surface area contributed by atoms with E-state index in [4.69, 9.17) is 5.11 Å². The van der Waals surface area contributed by atoms with Gasteiger partial charge in [0.05, 0.1) is 12.5 Å². The van der Waals surface area contributed by atoms with Crippen LogP contribution in [0.3, 0.4) is 0 Å². The van der Waals surface area contributed by atoms with Crippen LogP contribution in [-0.4, -0.2) is 22.3 Å². The van der Waals surface area contributed by atoms with E-state index in [0.29, 0.717) is 6.42 Å². The summed E-state index contributed by atoms with van der Waals surface area (Å²) in [7, 11) is 0. The van der Waals surface area contributed by atoms with Gasteiger partial charge in [-0.05, 0) is 24.3 Å². The molecule has 0 fully saturated rings. The van der Waals surface area contributed by atoms with Gasteiger partial charge in [0.2, 0.25) is 0 Å². The highest BCUT2D eigenvalue weighted by atomic mass is 32.1. The lowest BCUT2D eigenvalue weighted by molar-refractivity contribution is -0.139. The molecule has 0 aliphatic heterocycles. The summed E-state index contributed by atoms with van der Waals surface area (Å²) in [6.07, 6.45) is 0.393. The topological polar surface area (TPSA) is 57.5 Å². The maximum atomic E-state index is 10.2. The van der Waals surface area contributed by atoms with Crippen molar-refractivity contribution >= 4 is 17.3 Å². The molecular formula is C9H12O3S. The van der Waals surface area contributed by atoms with Crippen LogP contribution in [0.1, 0.15) is 17.7 Å². The van der Waals surface area contributed by atoms with E-state index in [0.717, 1.165) is 6.42 Å². The number of aryl methyl sites for hydroxylation is 1. The van der Waals surface area contributed by atoms with Crippen LogP contribution in [0.15, 0.2) is 17.5 Å². The maximum absolute atomic E-state index is 10.2. The highest BCUT2D eigenvalue weighted by Crippen LogP contribution is 2.12. The van der Waals surface area contributed by atoms with Crippen LogP contribution in [0.2, 0.25) is 0 Å². The number of carboxylic acid groups (broad SMARTS) is 1. The van der Waals surface area contributed by atoms with E-state index in [9.17, 15) is 9.90 Å². The molecule has 0 radical (unpaired) electrons. The fraction of sp³-hybridized carbons (Fsp3) is 0.444. The van der Waals surface area contributed by atoms with Crippen molar-refractivity contribution in [1.29, 1.82) is 0 Å². The number of hydrogen-bond donors (Lipinski definition) is 2. The van der Waals surface area contributed by atoms with Gasteiger partial charge < -0.3 is 10.2 Å². The van der Waals surface area contributed by atoms with Crippen molar-refractivity contribution in [2.24, 2.45) is 0 Å². The maximum Gasteiger partial charge on any atom is 0.305 e. The Labute approximate surface area is 80.6 Å². The summed E-state index contributed by atoms with van der Waals surface area (Å²) in [5, 5.41) is 19.6. The lowest BCUT2D eigenvalue weighted by atomic mass is 10.1. The Bertz CT molecular complexity index is 256. The van der Waals surface area contributed by atoms with Crippen LogP contribution >= 0.6 is 11.3 Å². The van der Waals surface area contributed by atoms with Crippen molar-refractivity contribution in [3.63, 3.8) is 0 Å². The lowest BCUT2D eigenvalue weighted by Gasteiger charge is -2.05. The molecule has 4 heteroatoms. The van der Waals surface area contributed by atoms with Gasteiger partial charge in [0.15, 0.2) is 0 Å². The zero-order chi connectivity index (χ0) is 9.68. The summed E-state index contributed by atoms with van der Waals surface area (Å²) in [4.78, 5) is 11.4. The molecule has 1 aromatic heterocycles. The van der Waals surface area contributed by atoms with E-state index in [1.54, 1.807) is 11.3 Å². The van der Waals surface area contributed by atoms with Crippen LogP contribution < -0.4 is 0 Å². The average molecular weight is 200 g/mol. The summed E-state index contributed by atoms with van der Waals surface area (Å²) in [6, 6.07) is 3.93. The second-order valence-electron chi connectivity index (χ2n) is 2.87. The molecule has 0 bridgehead atoms. The number of aliphatic carboxylic acids is 1. The Morgan fingerprint density at radius 1 is 1.62 bits per heavy atom. The first-order valence-corrected chi connectivity index (χ1v) is 4.98. The average Bonchev–Trinajstić information content (AvgIpc) is 2.51. The van der Waals surface area contributed by atoms with Crippen molar-refractivity contribution in [3.05, 3.63) is 22.4 Å². The van der Waals surface area contributed by atoms with Gasteiger partial charge in [-0.15, -0.1) is 11.3 Å². The zero-order valence-electron chi connectivity index (χ0n) is 7.14. The van der Waals surface area contributed by atoms with Gasteiger partial charge in [-0.25, -0.2) is 0 Å². The molecule has 0 amide bonds. The highest BCUT2D eigenvalue weighted by molar-refractivity contribution is 7.09. The summed E-state index contributed by atoms with van der Waals surface area (Å²) in [5.74, 6) is -0.946. The minimum atomic E-state index is -0.946. The first-order valence-electron chi connectivity index (χ1n) is 4.10. The van der Waals surface area contributed by atoms with E-state index >= 15 is 0 Å². The van der Waals surface area contributed by atoms with Crippen LogP contribution in [-0.2, 0) is 11.2 Å². The van der Waals surface area contributed by atoms with Gasteiger partial charge in [0.1, 0.15) is 0 Å². The predicted molar refractivity (Wildman–Crippen MR) is 50.9 cm³/mol. The molecule has 0 aromatic carbocycles. The third kappa shape index (κ3) is 4.05. The molecule has 0 aliphatic rings. The normalized spacial score (nSPS) is 12.7. The number of carboxylic acids is 1.